The third-order valence-electron chi connectivity index (χ3n) is 0.617. The first-order chi connectivity index (χ1) is 3.79. The van der Waals surface area contributed by atoms with Gasteiger partial charge in [0.15, 0.2) is 0 Å². The summed E-state index contributed by atoms with van der Waals surface area (Å²) in [6.45, 7) is 0. The van der Waals surface area contributed by atoms with E-state index < -0.39 is 0 Å². The normalized spacial score (nSPS) is 15.8. The summed E-state index contributed by atoms with van der Waals surface area (Å²) in [4.78, 5) is 4.61. The van der Waals surface area contributed by atoms with Gasteiger partial charge in [-0.25, -0.2) is 0 Å². The average molecular weight is 188 g/mol. The van der Waals surface area contributed by atoms with Crippen LogP contribution in [0.1, 0.15) is 0 Å². The summed E-state index contributed by atoms with van der Waals surface area (Å²) in [5.74, 6) is 0. The topological polar surface area (TPSA) is 12.5 Å². The van der Waals surface area contributed by atoms with E-state index in [-0.39, 0.29) is 12.4 Å². The molecule has 0 radical (unpaired) electrons. The van der Waals surface area contributed by atoms with Gasteiger partial charge in [0.2, 0.25) is 0 Å². The smallest absolute Gasteiger partial charge is 0.139 e. The maximum absolute atomic E-state index is 5.45. The molecule has 0 saturated carbocycles. The van der Waals surface area contributed by atoms with Crippen molar-refractivity contribution in [2.24, 2.45) is 0 Å². The summed E-state index contributed by atoms with van der Waals surface area (Å²) in [6, 6.07) is 0. The van der Waals surface area contributed by atoms with E-state index >= 15 is 0 Å². The van der Waals surface area contributed by atoms with E-state index in [1.807, 2.05) is 0 Å². The van der Waals surface area contributed by atoms with Gasteiger partial charge in [-0.3, -0.25) is 0 Å². The van der Waals surface area contributed by atoms with Crippen molar-refractivity contribution >= 4 is 35.8 Å². The molecule has 2 nitrogen and oxygen atoms in total. The van der Waals surface area contributed by atoms with Crippen LogP contribution in [0.5, 0.6) is 0 Å². The largest absolute Gasteiger partial charge is 0.371 e. The molecule has 0 spiro atoms. The fraction of sp³-hybridized carbons (Fsp3) is 0. The molecule has 0 aromatic rings. The molecule has 1 aliphatic heterocycles. The highest BCUT2D eigenvalue weighted by Gasteiger charge is 1.97. The molecule has 0 aromatic carbocycles. The van der Waals surface area contributed by atoms with Gasteiger partial charge >= 0.3 is 0 Å². The van der Waals surface area contributed by atoms with E-state index in [9.17, 15) is 0 Å². The van der Waals surface area contributed by atoms with E-state index in [1.54, 1.807) is 6.08 Å². The van der Waals surface area contributed by atoms with Crippen molar-refractivity contribution < 1.29 is 4.84 Å². The van der Waals surface area contributed by atoms with Crippen LogP contribution in [-0.2, 0) is 4.84 Å². The number of halogens is 3. The van der Waals surface area contributed by atoms with Crippen LogP contribution in [0.25, 0.3) is 0 Å². The Morgan fingerprint density at radius 3 is 2.56 bits per heavy atom. The number of hydrogen-bond acceptors (Lipinski definition) is 2. The van der Waals surface area contributed by atoms with E-state index in [4.69, 9.17) is 23.4 Å². The quantitative estimate of drug-likeness (QED) is 0.541. The Kier molecular flexibility index (Phi) is 3.86. The lowest BCUT2D eigenvalue weighted by Gasteiger charge is -2.10. The zero-order chi connectivity index (χ0) is 5.98. The fourth-order valence-corrected chi connectivity index (χ4v) is 0.497. The average Bonchev–Trinajstić information content (AvgIpc) is 1.77. The van der Waals surface area contributed by atoms with E-state index in [2.05, 4.69) is 4.84 Å². The maximum atomic E-state index is 5.45. The van der Waals surface area contributed by atoms with Gasteiger partial charge in [-0.2, -0.15) is 0 Å². The summed E-state index contributed by atoms with van der Waals surface area (Å²) in [7, 11) is 0. The van der Waals surface area contributed by atoms with Gasteiger partial charge in [-0.15, -0.1) is 17.0 Å². The van der Waals surface area contributed by atoms with Crippen molar-refractivity contribution in [3.05, 3.63) is 23.6 Å². The van der Waals surface area contributed by atoms with Crippen LogP contribution in [-0.4, -0.2) is 4.58 Å². The fourth-order valence-electron chi connectivity index (χ4n) is 0.305. The second-order valence-electron chi connectivity index (χ2n) is 1.20. The highest BCUT2D eigenvalue weighted by molar-refractivity contribution is 6.31. The first-order valence-corrected chi connectivity index (χ1v) is 2.66. The Labute approximate surface area is 69.1 Å². The minimum Gasteiger partial charge on any atom is -0.371 e. The molecule has 0 saturated heterocycles. The van der Waals surface area contributed by atoms with Crippen molar-refractivity contribution in [1.29, 1.82) is 0 Å². The van der Waals surface area contributed by atoms with Gasteiger partial charge in [0.1, 0.15) is 6.26 Å². The summed E-state index contributed by atoms with van der Waals surface area (Å²) in [5.41, 5.74) is 0. The molecule has 1 aliphatic rings. The molecule has 52 valence electrons. The second-order valence-corrected chi connectivity index (χ2v) is 1.97. The molecule has 0 unspecified atom stereocenters. The lowest BCUT2D eigenvalue weighted by Crippen LogP contribution is -2.02. The maximum Gasteiger partial charge on any atom is 0.139 e. The monoisotopic (exact) mass is 187 g/mol. The molecule has 0 aliphatic carbocycles. The van der Waals surface area contributed by atoms with Crippen LogP contribution in [0.15, 0.2) is 23.6 Å². The minimum atomic E-state index is 0. The Hall–Kier alpha value is -0.0500. The second kappa shape index (κ2) is 3.88. The predicted molar refractivity (Wildman–Crippen MR) is 39.1 cm³/mol. The third-order valence-corrected chi connectivity index (χ3v) is 1.02. The molecule has 0 atom stereocenters. The highest BCUT2D eigenvalue weighted by Crippen LogP contribution is 2.12. The number of allylic oxidation sites excluding steroid dienone is 2. The van der Waals surface area contributed by atoms with Gasteiger partial charge < -0.3 is 4.84 Å². The minimum absolute atomic E-state index is 0. The summed E-state index contributed by atoms with van der Waals surface area (Å²) in [6.07, 6.45) is 4.47. The summed E-state index contributed by atoms with van der Waals surface area (Å²) in [5, 5.41) is 0.530. The molecule has 1 rings (SSSR count). The van der Waals surface area contributed by atoms with Crippen LogP contribution in [0.4, 0.5) is 0 Å². The molecular formula is C4H4Cl3NO. The zero-order valence-electron chi connectivity index (χ0n) is 4.25. The third kappa shape index (κ3) is 2.84. The molecule has 0 aromatic heterocycles. The summed E-state index contributed by atoms with van der Waals surface area (Å²) < 4.78 is 1.03. The molecular weight excluding hydrogens is 184 g/mol. The molecule has 5 heteroatoms. The Morgan fingerprint density at radius 2 is 2.22 bits per heavy atom. The standard InChI is InChI=1S/C4H3Cl2NO.ClH/c5-4-1-2-7(6)8-3-4;/h1-3H;1H. The van der Waals surface area contributed by atoms with Crippen molar-refractivity contribution in [2.45, 2.75) is 0 Å². The Balaban J connectivity index is 0.000000640. The molecule has 9 heavy (non-hydrogen) atoms. The van der Waals surface area contributed by atoms with Gasteiger partial charge in [-0.1, -0.05) is 11.6 Å². The van der Waals surface area contributed by atoms with E-state index in [0.29, 0.717) is 5.03 Å². The number of rotatable bonds is 0. The van der Waals surface area contributed by atoms with Crippen LogP contribution in [0.3, 0.4) is 0 Å². The van der Waals surface area contributed by atoms with Crippen molar-refractivity contribution in [3.8, 4) is 0 Å². The number of hydroxylamine groups is 1. The molecule has 0 amide bonds. The SMILES string of the molecule is Cl.ClC1=CON(Cl)C=C1. The van der Waals surface area contributed by atoms with Crippen LogP contribution < -0.4 is 0 Å². The lowest BCUT2D eigenvalue weighted by molar-refractivity contribution is 0.0300. The van der Waals surface area contributed by atoms with Gasteiger partial charge in [0.25, 0.3) is 0 Å². The van der Waals surface area contributed by atoms with Crippen LogP contribution in [0.2, 0.25) is 0 Å². The van der Waals surface area contributed by atoms with Crippen molar-refractivity contribution in [3.63, 3.8) is 0 Å². The first kappa shape index (κ1) is 8.95. The predicted octanol–water partition coefficient (Wildman–Crippen LogP) is 2.40. The Morgan fingerprint density at radius 1 is 1.56 bits per heavy atom. The van der Waals surface area contributed by atoms with Gasteiger partial charge in [-0.05, 0) is 6.08 Å². The molecule has 1 heterocycles. The van der Waals surface area contributed by atoms with Crippen molar-refractivity contribution in [2.75, 3.05) is 0 Å². The van der Waals surface area contributed by atoms with Crippen LogP contribution >= 0.6 is 35.8 Å². The number of hydrogen-bond donors (Lipinski definition) is 0. The number of nitrogens with zero attached hydrogens (tertiary/aromatic N) is 1. The lowest BCUT2D eigenvalue weighted by atomic mass is 10.6. The zero-order valence-corrected chi connectivity index (χ0v) is 6.58. The molecule has 0 bridgehead atoms. The van der Waals surface area contributed by atoms with E-state index in [1.165, 1.54) is 12.5 Å². The molecule has 0 N–H and O–H groups in total. The Bertz CT molecular complexity index is 145. The van der Waals surface area contributed by atoms with Gasteiger partial charge in [0.05, 0.1) is 23.0 Å². The highest BCUT2D eigenvalue weighted by atomic mass is 35.5. The van der Waals surface area contributed by atoms with E-state index in [0.717, 1.165) is 4.58 Å². The first-order valence-electron chi connectivity index (χ1n) is 1.95. The van der Waals surface area contributed by atoms with Gasteiger partial charge in [0, 0.05) is 0 Å². The summed E-state index contributed by atoms with van der Waals surface area (Å²) >= 11 is 10.7. The molecule has 0 fully saturated rings. The van der Waals surface area contributed by atoms with Crippen molar-refractivity contribution in [1.82, 2.24) is 4.58 Å². The van der Waals surface area contributed by atoms with Crippen LogP contribution in [0, 0.1) is 0 Å².